The number of carbonyl (C=O) groups is 3. The molecule has 6 nitrogen and oxygen atoms in total. The third-order valence-electron chi connectivity index (χ3n) is 4.67. The van der Waals surface area contributed by atoms with Crippen molar-refractivity contribution in [1.29, 1.82) is 0 Å². The topological polar surface area (TPSA) is 84.5 Å². The van der Waals surface area contributed by atoms with E-state index in [-0.39, 0.29) is 12.6 Å². The molecule has 0 aliphatic heterocycles. The van der Waals surface area contributed by atoms with Gasteiger partial charge in [0.25, 0.3) is 5.91 Å². The number of carbonyl (C=O) groups excluding carboxylic acids is 3. The van der Waals surface area contributed by atoms with Crippen molar-refractivity contribution < 1.29 is 19.1 Å². The molecule has 0 aliphatic rings. The largest absolute Gasteiger partial charge is 0.454 e. The summed E-state index contributed by atoms with van der Waals surface area (Å²) in [5.41, 5.74) is 1.85. The van der Waals surface area contributed by atoms with E-state index < -0.39 is 24.4 Å². The van der Waals surface area contributed by atoms with Gasteiger partial charge in [-0.2, -0.15) is 0 Å². The van der Waals surface area contributed by atoms with Crippen LogP contribution in [-0.2, 0) is 19.1 Å². The molecular weight excluding hydrogens is 392 g/mol. The molecule has 31 heavy (non-hydrogen) atoms. The van der Waals surface area contributed by atoms with Crippen LogP contribution < -0.4 is 10.6 Å². The summed E-state index contributed by atoms with van der Waals surface area (Å²) in [6.07, 6.45) is 2.98. The van der Waals surface area contributed by atoms with Crippen molar-refractivity contribution in [2.24, 2.45) is 0 Å². The molecule has 2 N–H and O–H groups in total. The number of esters is 1. The molecule has 0 aromatic heterocycles. The van der Waals surface area contributed by atoms with E-state index >= 15 is 0 Å². The number of amides is 2. The quantitative estimate of drug-likeness (QED) is 0.436. The van der Waals surface area contributed by atoms with E-state index in [0.717, 1.165) is 21.9 Å². The Kier molecular flexibility index (Phi) is 7.54. The summed E-state index contributed by atoms with van der Waals surface area (Å²) in [6.45, 7) is 1.15. The van der Waals surface area contributed by atoms with Gasteiger partial charge in [0.05, 0.1) is 6.04 Å². The van der Waals surface area contributed by atoms with Crippen molar-refractivity contribution in [2.45, 2.75) is 13.0 Å². The van der Waals surface area contributed by atoms with Crippen molar-refractivity contribution in [1.82, 2.24) is 10.6 Å². The lowest BCUT2D eigenvalue weighted by Crippen LogP contribution is -2.34. The lowest BCUT2D eigenvalue weighted by molar-refractivity contribution is -0.148. The second-order valence-electron chi connectivity index (χ2n) is 6.98. The highest BCUT2D eigenvalue weighted by atomic mass is 16.5. The summed E-state index contributed by atoms with van der Waals surface area (Å²) in [4.78, 5) is 35.8. The van der Waals surface area contributed by atoms with Crippen molar-refractivity contribution >= 4 is 34.6 Å². The molecule has 0 spiro atoms. The van der Waals surface area contributed by atoms with E-state index in [2.05, 4.69) is 10.6 Å². The first-order chi connectivity index (χ1) is 15.0. The van der Waals surface area contributed by atoms with Gasteiger partial charge in [-0.15, -0.1) is 0 Å². The minimum Gasteiger partial charge on any atom is -0.454 e. The van der Waals surface area contributed by atoms with Crippen LogP contribution in [0.2, 0.25) is 0 Å². The van der Waals surface area contributed by atoms with Crippen molar-refractivity contribution in [3.63, 3.8) is 0 Å². The lowest BCUT2D eigenvalue weighted by atomic mass is 10.00. The standard InChI is InChI=1S/C25H24N2O4/c1-18(21-13-7-11-20-10-5-6-12-22(20)21)27-24(29)17-31-25(30)16-26-23(28)15-14-19-8-3-2-4-9-19/h2-15,18H,16-17H2,1H3,(H,26,28)(H,27,29)/b15-14+/t18-/m1/s1. The molecule has 0 fully saturated rings. The Labute approximate surface area is 180 Å². The number of hydrogen-bond donors (Lipinski definition) is 2. The maximum Gasteiger partial charge on any atom is 0.325 e. The van der Waals surface area contributed by atoms with Gasteiger partial charge in [-0.05, 0) is 34.9 Å². The second kappa shape index (κ2) is 10.7. The van der Waals surface area contributed by atoms with E-state index in [1.54, 1.807) is 6.08 Å². The van der Waals surface area contributed by atoms with Crippen molar-refractivity contribution in [3.8, 4) is 0 Å². The SMILES string of the molecule is C[C@@H](NC(=O)COC(=O)CNC(=O)/C=C/c1ccccc1)c1cccc2ccccc12. The Morgan fingerprint density at radius 3 is 2.45 bits per heavy atom. The van der Waals surface area contributed by atoms with Gasteiger partial charge in [0.1, 0.15) is 6.54 Å². The number of fused-ring (bicyclic) bond motifs is 1. The molecular formula is C25H24N2O4. The zero-order chi connectivity index (χ0) is 22.1. The van der Waals surface area contributed by atoms with Crippen LogP contribution >= 0.6 is 0 Å². The van der Waals surface area contributed by atoms with E-state index in [1.165, 1.54) is 6.08 Å². The molecule has 0 radical (unpaired) electrons. The first-order valence-corrected chi connectivity index (χ1v) is 9.96. The van der Waals surface area contributed by atoms with E-state index in [1.807, 2.05) is 79.7 Å². The minimum atomic E-state index is -0.686. The van der Waals surface area contributed by atoms with E-state index in [4.69, 9.17) is 4.74 Å². The molecule has 0 saturated heterocycles. The Morgan fingerprint density at radius 2 is 1.65 bits per heavy atom. The van der Waals surface area contributed by atoms with E-state index in [9.17, 15) is 14.4 Å². The molecule has 3 aromatic rings. The number of benzene rings is 3. The monoisotopic (exact) mass is 416 g/mol. The zero-order valence-corrected chi connectivity index (χ0v) is 17.2. The van der Waals surface area contributed by atoms with Gasteiger partial charge in [-0.1, -0.05) is 72.8 Å². The van der Waals surface area contributed by atoms with Crippen molar-refractivity contribution in [2.75, 3.05) is 13.2 Å². The maximum atomic E-state index is 12.2. The first-order valence-electron chi connectivity index (χ1n) is 9.96. The number of hydrogen-bond acceptors (Lipinski definition) is 4. The minimum absolute atomic E-state index is 0.250. The highest BCUT2D eigenvalue weighted by Gasteiger charge is 2.14. The Hall–Kier alpha value is -3.93. The Bertz CT molecular complexity index is 1090. The van der Waals surface area contributed by atoms with Gasteiger partial charge in [0.15, 0.2) is 6.61 Å². The van der Waals surface area contributed by atoms with Crippen LogP contribution in [0.1, 0.15) is 24.1 Å². The maximum absolute atomic E-state index is 12.2. The molecule has 0 saturated carbocycles. The zero-order valence-electron chi connectivity index (χ0n) is 17.2. The molecule has 0 unspecified atom stereocenters. The van der Waals surface area contributed by atoms with Gasteiger partial charge in [0.2, 0.25) is 5.91 Å². The second-order valence-corrected chi connectivity index (χ2v) is 6.98. The summed E-state index contributed by atoms with van der Waals surface area (Å²) in [5, 5.41) is 7.41. The molecule has 3 rings (SSSR count). The molecule has 158 valence electrons. The fraction of sp³-hybridized carbons (Fsp3) is 0.160. The number of ether oxygens (including phenoxy) is 1. The van der Waals surface area contributed by atoms with Crippen LogP contribution in [-0.4, -0.2) is 30.9 Å². The average Bonchev–Trinajstić information content (AvgIpc) is 2.80. The normalized spacial score (nSPS) is 11.8. The summed E-state index contributed by atoms with van der Waals surface area (Å²) in [5.74, 6) is -1.52. The van der Waals surface area contributed by atoms with Gasteiger partial charge < -0.3 is 15.4 Å². The third-order valence-corrected chi connectivity index (χ3v) is 4.67. The first kappa shape index (κ1) is 21.8. The predicted molar refractivity (Wildman–Crippen MR) is 120 cm³/mol. The third kappa shape index (κ3) is 6.54. The van der Waals surface area contributed by atoms with Gasteiger partial charge in [-0.3, -0.25) is 14.4 Å². The van der Waals surface area contributed by atoms with E-state index in [0.29, 0.717) is 0 Å². The van der Waals surface area contributed by atoms with Crippen LogP contribution in [0, 0.1) is 0 Å². The van der Waals surface area contributed by atoms with Crippen LogP contribution in [0.4, 0.5) is 0 Å². The lowest BCUT2D eigenvalue weighted by Gasteiger charge is -2.16. The molecule has 2 amide bonds. The number of rotatable bonds is 8. The highest BCUT2D eigenvalue weighted by molar-refractivity contribution is 5.94. The Morgan fingerprint density at radius 1 is 0.935 bits per heavy atom. The van der Waals surface area contributed by atoms with Crippen LogP contribution in [0.3, 0.4) is 0 Å². The highest BCUT2D eigenvalue weighted by Crippen LogP contribution is 2.23. The predicted octanol–water partition coefficient (Wildman–Crippen LogP) is 3.39. The average molecular weight is 416 g/mol. The molecule has 0 bridgehead atoms. The van der Waals surface area contributed by atoms with Gasteiger partial charge in [-0.25, -0.2) is 0 Å². The van der Waals surface area contributed by atoms with Crippen LogP contribution in [0.25, 0.3) is 16.8 Å². The fourth-order valence-corrected chi connectivity index (χ4v) is 3.14. The summed E-state index contributed by atoms with van der Waals surface area (Å²) in [7, 11) is 0. The van der Waals surface area contributed by atoms with Gasteiger partial charge in [0, 0.05) is 6.08 Å². The van der Waals surface area contributed by atoms with Gasteiger partial charge >= 0.3 is 5.97 Å². The summed E-state index contributed by atoms with van der Waals surface area (Å²) >= 11 is 0. The molecule has 3 aromatic carbocycles. The smallest absolute Gasteiger partial charge is 0.325 e. The Balaban J connectivity index is 1.42. The number of nitrogens with one attached hydrogen (secondary N) is 2. The van der Waals surface area contributed by atoms with Crippen molar-refractivity contribution in [3.05, 3.63) is 90.0 Å². The summed E-state index contributed by atoms with van der Waals surface area (Å²) in [6, 6.07) is 22.9. The molecule has 0 heterocycles. The fourth-order valence-electron chi connectivity index (χ4n) is 3.14. The summed E-state index contributed by atoms with van der Waals surface area (Å²) < 4.78 is 4.95. The van der Waals surface area contributed by atoms with Crippen LogP contribution in [0.5, 0.6) is 0 Å². The molecule has 6 heteroatoms. The molecule has 1 atom stereocenters. The van der Waals surface area contributed by atoms with Crippen LogP contribution in [0.15, 0.2) is 78.9 Å². The molecule has 0 aliphatic carbocycles.